The predicted octanol–water partition coefficient (Wildman–Crippen LogP) is 4.07. The summed E-state index contributed by atoms with van der Waals surface area (Å²) in [5.74, 6) is 0.804. The van der Waals surface area contributed by atoms with Gasteiger partial charge in [-0.25, -0.2) is 0 Å². The molecule has 0 radical (unpaired) electrons. The Hall–Kier alpha value is -3.34. The van der Waals surface area contributed by atoms with Crippen LogP contribution in [0.1, 0.15) is 24.0 Å². The Morgan fingerprint density at radius 1 is 1.10 bits per heavy atom. The summed E-state index contributed by atoms with van der Waals surface area (Å²) in [6.07, 6.45) is 7.51. The molecule has 0 saturated carbocycles. The van der Waals surface area contributed by atoms with Crippen molar-refractivity contribution in [3.8, 4) is 0 Å². The molecule has 2 heterocycles. The van der Waals surface area contributed by atoms with Gasteiger partial charge in [0.15, 0.2) is 0 Å². The first-order valence-corrected chi connectivity index (χ1v) is 10.5. The van der Waals surface area contributed by atoms with Gasteiger partial charge < -0.3 is 20.6 Å². The minimum Gasteiger partial charge on any atom is -0.398 e. The SMILES string of the molecule is N=C/C=C(\N)c1ccc2c(ccn2CC2CCN(C(=O)Cc3ccccc3)CC2)c1. The standard InChI is InChI=1S/C25H28N4O/c26-12-8-23(27)21-6-7-24-22(17-21)11-15-29(24)18-20-9-13-28(14-10-20)25(30)16-19-4-2-1-3-5-19/h1-8,11-12,15,17,20,26H,9-10,13-14,16,18,27H2/b23-8-,26-12?. The zero-order valence-corrected chi connectivity index (χ0v) is 17.1. The molecule has 5 nitrogen and oxygen atoms in total. The van der Waals surface area contributed by atoms with Gasteiger partial charge in [0.25, 0.3) is 0 Å². The second-order valence-electron chi connectivity index (χ2n) is 8.02. The molecule has 30 heavy (non-hydrogen) atoms. The number of likely N-dealkylation sites (tertiary alicyclic amines) is 1. The second kappa shape index (κ2) is 8.99. The number of hydrogen-bond donors (Lipinski definition) is 2. The predicted molar refractivity (Wildman–Crippen MR) is 122 cm³/mol. The Bertz CT molecular complexity index is 1060. The summed E-state index contributed by atoms with van der Waals surface area (Å²) < 4.78 is 2.31. The van der Waals surface area contributed by atoms with Crippen LogP contribution in [-0.4, -0.2) is 34.7 Å². The molecule has 2 aromatic carbocycles. The number of rotatable bonds is 6. The number of hydrogen-bond acceptors (Lipinski definition) is 3. The van der Waals surface area contributed by atoms with Crippen LogP contribution in [0.15, 0.2) is 66.9 Å². The Kier molecular flexibility index (Phi) is 5.98. The van der Waals surface area contributed by atoms with E-state index >= 15 is 0 Å². The first-order chi connectivity index (χ1) is 14.6. The molecule has 0 unspecified atom stereocenters. The molecule has 3 aromatic rings. The fourth-order valence-electron chi connectivity index (χ4n) is 4.25. The number of carbonyl (C=O) groups is 1. The molecule has 3 N–H and O–H groups in total. The molecule has 5 heteroatoms. The van der Waals surface area contributed by atoms with E-state index in [-0.39, 0.29) is 5.91 Å². The third-order valence-corrected chi connectivity index (χ3v) is 5.99. The maximum atomic E-state index is 12.6. The number of nitrogens with zero attached hydrogens (tertiary/aromatic N) is 2. The van der Waals surface area contributed by atoms with E-state index in [0.717, 1.165) is 49.0 Å². The number of piperidine rings is 1. The van der Waals surface area contributed by atoms with Gasteiger partial charge in [-0.05, 0) is 54.2 Å². The molecule has 1 fully saturated rings. The third kappa shape index (κ3) is 4.46. The highest BCUT2D eigenvalue weighted by Gasteiger charge is 2.23. The summed E-state index contributed by atoms with van der Waals surface area (Å²) >= 11 is 0. The first kappa shape index (κ1) is 20.0. The Balaban J connectivity index is 1.36. The van der Waals surface area contributed by atoms with E-state index in [0.29, 0.717) is 18.0 Å². The quantitative estimate of drug-likeness (QED) is 0.612. The lowest BCUT2D eigenvalue weighted by Crippen LogP contribution is -2.40. The number of benzene rings is 2. The van der Waals surface area contributed by atoms with E-state index in [1.165, 1.54) is 11.7 Å². The number of allylic oxidation sites excluding steroid dienone is 1. The van der Waals surface area contributed by atoms with Crippen molar-refractivity contribution in [2.45, 2.75) is 25.8 Å². The number of nitrogens with two attached hydrogens (primary N) is 1. The van der Waals surface area contributed by atoms with Crippen LogP contribution in [0.4, 0.5) is 0 Å². The molecule has 1 amide bonds. The zero-order chi connectivity index (χ0) is 20.9. The number of carbonyl (C=O) groups excluding carboxylic acids is 1. The van der Waals surface area contributed by atoms with Crippen molar-refractivity contribution in [2.75, 3.05) is 13.1 Å². The fraction of sp³-hybridized carbons (Fsp3) is 0.280. The number of nitrogens with one attached hydrogen (secondary N) is 1. The van der Waals surface area contributed by atoms with Gasteiger partial charge in [-0.3, -0.25) is 4.79 Å². The Morgan fingerprint density at radius 3 is 2.60 bits per heavy atom. The number of aromatic nitrogens is 1. The summed E-state index contributed by atoms with van der Waals surface area (Å²) in [6.45, 7) is 2.64. The van der Waals surface area contributed by atoms with Crippen molar-refractivity contribution in [1.82, 2.24) is 9.47 Å². The van der Waals surface area contributed by atoms with E-state index < -0.39 is 0 Å². The summed E-state index contributed by atoms with van der Waals surface area (Å²) in [6, 6.07) is 18.3. The molecule has 0 bridgehead atoms. The largest absolute Gasteiger partial charge is 0.398 e. The van der Waals surface area contributed by atoms with Crippen LogP contribution in [0, 0.1) is 11.3 Å². The van der Waals surface area contributed by atoms with E-state index in [9.17, 15) is 4.79 Å². The maximum absolute atomic E-state index is 12.6. The summed E-state index contributed by atoms with van der Waals surface area (Å²) in [5, 5.41) is 8.34. The number of amides is 1. The summed E-state index contributed by atoms with van der Waals surface area (Å²) in [4.78, 5) is 14.6. The minimum atomic E-state index is 0.231. The van der Waals surface area contributed by atoms with Crippen molar-refractivity contribution in [2.24, 2.45) is 11.7 Å². The Labute approximate surface area is 177 Å². The van der Waals surface area contributed by atoms with Gasteiger partial charge in [-0.2, -0.15) is 0 Å². The molecule has 0 spiro atoms. The van der Waals surface area contributed by atoms with Gasteiger partial charge in [0.05, 0.1) is 6.42 Å². The summed E-state index contributed by atoms with van der Waals surface area (Å²) in [5.41, 5.74) is 9.83. The lowest BCUT2D eigenvalue weighted by molar-refractivity contribution is -0.131. The van der Waals surface area contributed by atoms with Crippen LogP contribution in [-0.2, 0) is 17.8 Å². The van der Waals surface area contributed by atoms with Crippen molar-refractivity contribution >= 4 is 28.7 Å². The van der Waals surface area contributed by atoms with E-state index in [4.69, 9.17) is 11.1 Å². The molecule has 1 aromatic heterocycles. The highest BCUT2D eigenvalue weighted by atomic mass is 16.2. The Morgan fingerprint density at radius 2 is 1.87 bits per heavy atom. The highest BCUT2D eigenvalue weighted by molar-refractivity contribution is 5.87. The van der Waals surface area contributed by atoms with Gasteiger partial charge in [0, 0.05) is 48.6 Å². The molecular weight excluding hydrogens is 372 g/mol. The monoisotopic (exact) mass is 400 g/mol. The zero-order valence-electron chi connectivity index (χ0n) is 17.1. The molecule has 0 atom stereocenters. The van der Waals surface area contributed by atoms with Crippen LogP contribution in [0.25, 0.3) is 16.6 Å². The van der Waals surface area contributed by atoms with Gasteiger partial charge in [0.2, 0.25) is 5.91 Å². The van der Waals surface area contributed by atoms with E-state index in [1.807, 2.05) is 41.3 Å². The third-order valence-electron chi connectivity index (χ3n) is 5.99. The van der Waals surface area contributed by atoms with Crippen molar-refractivity contribution in [1.29, 1.82) is 5.41 Å². The summed E-state index contributed by atoms with van der Waals surface area (Å²) in [7, 11) is 0. The molecule has 1 aliphatic rings. The fourth-order valence-corrected chi connectivity index (χ4v) is 4.25. The van der Waals surface area contributed by atoms with Crippen molar-refractivity contribution in [3.05, 3.63) is 78.0 Å². The van der Waals surface area contributed by atoms with Crippen molar-refractivity contribution in [3.63, 3.8) is 0 Å². The van der Waals surface area contributed by atoms with Crippen LogP contribution < -0.4 is 5.73 Å². The van der Waals surface area contributed by atoms with Crippen LogP contribution >= 0.6 is 0 Å². The molecule has 1 aliphatic heterocycles. The molecule has 1 saturated heterocycles. The molecular formula is C25H28N4O. The average Bonchev–Trinajstić information content (AvgIpc) is 3.17. The van der Waals surface area contributed by atoms with Gasteiger partial charge in [-0.15, -0.1) is 0 Å². The van der Waals surface area contributed by atoms with E-state index in [1.54, 1.807) is 6.08 Å². The number of fused-ring (bicyclic) bond motifs is 1. The van der Waals surface area contributed by atoms with Crippen LogP contribution in [0.3, 0.4) is 0 Å². The lowest BCUT2D eigenvalue weighted by Gasteiger charge is -2.32. The van der Waals surface area contributed by atoms with Gasteiger partial charge >= 0.3 is 0 Å². The highest BCUT2D eigenvalue weighted by Crippen LogP contribution is 2.25. The lowest BCUT2D eigenvalue weighted by atomic mass is 9.96. The first-order valence-electron chi connectivity index (χ1n) is 10.5. The topological polar surface area (TPSA) is 75.1 Å². The maximum Gasteiger partial charge on any atom is 0.226 e. The van der Waals surface area contributed by atoms with Crippen molar-refractivity contribution < 1.29 is 4.79 Å². The van der Waals surface area contributed by atoms with E-state index in [2.05, 4.69) is 29.0 Å². The minimum absolute atomic E-state index is 0.231. The van der Waals surface area contributed by atoms with Gasteiger partial charge in [0.1, 0.15) is 0 Å². The molecule has 4 rings (SSSR count). The molecule has 0 aliphatic carbocycles. The van der Waals surface area contributed by atoms with Crippen LogP contribution in [0.5, 0.6) is 0 Å². The normalized spacial score (nSPS) is 15.5. The second-order valence-corrected chi connectivity index (χ2v) is 8.02. The smallest absolute Gasteiger partial charge is 0.226 e. The molecule has 154 valence electrons. The van der Waals surface area contributed by atoms with Gasteiger partial charge in [-0.1, -0.05) is 36.4 Å². The average molecular weight is 401 g/mol. The van der Waals surface area contributed by atoms with Crippen LogP contribution in [0.2, 0.25) is 0 Å².